The van der Waals surface area contributed by atoms with Gasteiger partial charge in [0.2, 0.25) is 0 Å². The van der Waals surface area contributed by atoms with Crippen LogP contribution in [0.1, 0.15) is 40.6 Å². The largest absolute Gasteiger partial charge is 0.486 e. The van der Waals surface area contributed by atoms with E-state index in [1.54, 1.807) is 6.07 Å². The Morgan fingerprint density at radius 1 is 1.32 bits per heavy atom. The van der Waals surface area contributed by atoms with Gasteiger partial charge >= 0.3 is 0 Å². The molecule has 0 aliphatic carbocycles. The van der Waals surface area contributed by atoms with Gasteiger partial charge in [-0.2, -0.15) is 0 Å². The molecule has 2 aliphatic heterocycles. The van der Waals surface area contributed by atoms with Gasteiger partial charge in [0.05, 0.1) is 16.8 Å². The van der Waals surface area contributed by atoms with Gasteiger partial charge < -0.3 is 20.1 Å². The lowest BCUT2D eigenvalue weighted by Gasteiger charge is -2.23. The van der Waals surface area contributed by atoms with E-state index in [2.05, 4.69) is 20.9 Å². The molecule has 4 rings (SSSR count). The molecule has 8 nitrogen and oxygen atoms in total. The summed E-state index contributed by atoms with van der Waals surface area (Å²) in [5, 5.41) is 15.0. The lowest BCUT2D eigenvalue weighted by molar-refractivity contribution is 0.0945. The molecule has 2 N–H and O–H groups in total. The molecule has 1 amide bonds. The number of nitrogens with zero attached hydrogens (tertiary/aromatic N) is 3. The first-order valence-electron chi connectivity index (χ1n) is 9.12. The van der Waals surface area contributed by atoms with Crippen LogP contribution in [0, 0.1) is 6.92 Å². The van der Waals surface area contributed by atoms with Crippen molar-refractivity contribution >= 4 is 29.9 Å². The highest BCUT2D eigenvalue weighted by molar-refractivity contribution is 6.32. The summed E-state index contributed by atoms with van der Waals surface area (Å²) < 4.78 is 13.0. The minimum atomic E-state index is -0.251. The van der Waals surface area contributed by atoms with E-state index in [0.29, 0.717) is 42.0 Å². The molecule has 28 heavy (non-hydrogen) atoms. The zero-order valence-electron chi connectivity index (χ0n) is 15.5. The molecule has 1 saturated heterocycles. The van der Waals surface area contributed by atoms with Gasteiger partial charge in [-0.05, 0) is 50.6 Å². The molecule has 1 aromatic heterocycles. The zero-order chi connectivity index (χ0) is 18.8. The SMILES string of the molecule is Cc1c(C(=O)NCc2cc(Cl)c3c(c2)OCCO3)nnn1C1CCNCC1.Cl. The number of aromatic nitrogens is 3. The fourth-order valence-corrected chi connectivity index (χ4v) is 3.77. The molecule has 0 spiro atoms. The van der Waals surface area contributed by atoms with Crippen molar-refractivity contribution in [3.05, 3.63) is 34.1 Å². The van der Waals surface area contributed by atoms with Gasteiger partial charge in [-0.3, -0.25) is 4.79 Å². The highest BCUT2D eigenvalue weighted by Gasteiger charge is 2.23. The number of nitrogens with one attached hydrogen (secondary N) is 2. The number of rotatable bonds is 4. The number of fused-ring (bicyclic) bond motifs is 1. The molecule has 3 heterocycles. The monoisotopic (exact) mass is 427 g/mol. The maximum absolute atomic E-state index is 12.6. The fourth-order valence-electron chi connectivity index (χ4n) is 3.48. The first-order chi connectivity index (χ1) is 13.1. The average molecular weight is 428 g/mol. The van der Waals surface area contributed by atoms with Crippen molar-refractivity contribution in [3.63, 3.8) is 0 Å². The molecule has 0 bridgehead atoms. The quantitative estimate of drug-likeness (QED) is 0.777. The molecule has 2 aliphatic rings. The van der Waals surface area contributed by atoms with E-state index in [-0.39, 0.29) is 24.4 Å². The van der Waals surface area contributed by atoms with E-state index in [1.165, 1.54) is 0 Å². The first kappa shape index (κ1) is 20.7. The molecule has 1 aromatic carbocycles. The Bertz CT molecular complexity index is 852. The minimum absolute atomic E-state index is 0. The second-order valence-electron chi connectivity index (χ2n) is 6.73. The Hall–Kier alpha value is -2.03. The molecule has 1 fully saturated rings. The molecule has 0 saturated carbocycles. The third kappa shape index (κ3) is 4.19. The number of carbonyl (C=O) groups excluding carboxylic acids is 1. The van der Waals surface area contributed by atoms with Crippen LogP contribution < -0.4 is 20.1 Å². The van der Waals surface area contributed by atoms with Crippen LogP contribution >= 0.6 is 24.0 Å². The second-order valence-corrected chi connectivity index (χ2v) is 7.14. The smallest absolute Gasteiger partial charge is 0.274 e. The van der Waals surface area contributed by atoms with E-state index < -0.39 is 0 Å². The summed E-state index contributed by atoms with van der Waals surface area (Å²) in [7, 11) is 0. The van der Waals surface area contributed by atoms with E-state index >= 15 is 0 Å². The van der Waals surface area contributed by atoms with Crippen LogP contribution in [0.2, 0.25) is 5.02 Å². The van der Waals surface area contributed by atoms with Crippen molar-refractivity contribution in [2.75, 3.05) is 26.3 Å². The molecule has 0 unspecified atom stereocenters. The minimum Gasteiger partial charge on any atom is -0.486 e. The predicted molar refractivity (Wildman–Crippen MR) is 107 cm³/mol. The normalized spacial score (nSPS) is 16.4. The van der Waals surface area contributed by atoms with Crippen LogP contribution in [0.3, 0.4) is 0 Å². The molecular formula is C18H23Cl2N5O3. The number of piperidine rings is 1. The highest BCUT2D eigenvalue weighted by Crippen LogP contribution is 2.38. The predicted octanol–water partition coefficient (Wildman–Crippen LogP) is 2.29. The first-order valence-corrected chi connectivity index (χ1v) is 9.50. The second kappa shape index (κ2) is 8.98. The topological polar surface area (TPSA) is 90.3 Å². The molecule has 0 radical (unpaired) electrons. The summed E-state index contributed by atoms with van der Waals surface area (Å²) in [5.41, 5.74) is 1.98. The van der Waals surface area contributed by atoms with Crippen molar-refractivity contribution in [2.24, 2.45) is 0 Å². The Kier molecular flexibility index (Phi) is 6.64. The van der Waals surface area contributed by atoms with Gasteiger partial charge in [0.15, 0.2) is 17.2 Å². The van der Waals surface area contributed by atoms with Gasteiger partial charge in [0.1, 0.15) is 13.2 Å². The van der Waals surface area contributed by atoms with E-state index in [9.17, 15) is 4.79 Å². The van der Waals surface area contributed by atoms with Gasteiger partial charge in [-0.15, -0.1) is 17.5 Å². The third-order valence-corrected chi connectivity index (χ3v) is 5.19. The van der Waals surface area contributed by atoms with Gasteiger partial charge in [0.25, 0.3) is 5.91 Å². The molecular weight excluding hydrogens is 405 g/mol. The zero-order valence-corrected chi connectivity index (χ0v) is 17.1. The van der Waals surface area contributed by atoms with Crippen LogP contribution in [0.4, 0.5) is 0 Å². The van der Waals surface area contributed by atoms with Gasteiger partial charge in [0, 0.05) is 6.54 Å². The summed E-state index contributed by atoms with van der Waals surface area (Å²) in [6.07, 6.45) is 1.97. The maximum atomic E-state index is 12.6. The maximum Gasteiger partial charge on any atom is 0.274 e. The van der Waals surface area contributed by atoms with Crippen LogP contribution in [0.25, 0.3) is 0 Å². The summed E-state index contributed by atoms with van der Waals surface area (Å²) in [6, 6.07) is 3.89. The number of hydrogen-bond donors (Lipinski definition) is 2. The average Bonchev–Trinajstić information content (AvgIpc) is 3.08. The summed E-state index contributed by atoms with van der Waals surface area (Å²) >= 11 is 6.25. The summed E-state index contributed by atoms with van der Waals surface area (Å²) in [6.45, 7) is 5.08. The number of halogens is 2. The van der Waals surface area contributed by atoms with Crippen molar-refractivity contribution in [2.45, 2.75) is 32.4 Å². The highest BCUT2D eigenvalue weighted by atomic mass is 35.5. The number of hydrogen-bond acceptors (Lipinski definition) is 6. The Morgan fingerprint density at radius 2 is 2.07 bits per heavy atom. The van der Waals surface area contributed by atoms with Crippen LogP contribution in [0.5, 0.6) is 11.5 Å². The number of ether oxygens (including phenoxy) is 2. The molecule has 0 atom stereocenters. The third-order valence-electron chi connectivity index (χ3n) is 4.91. The van der Waals surface area contributed by atoms with Crippen molar-refractivity contribution < 1.29 is 14.3 Å². The number of carbonyl (C=O) groups is 1. The van der Waals surface area contributed by atoms with E-state index in [0.717, 1.165) is 37.2 Å². The summed E-state index contributed by atoms with van der Waals surface area (Å²) in [4.78, 5) is 12.6. The van der Waals surface area contributed by atoms with Crippen molar-refractivity contribution in [3.8, 4) is 11.5 Å². The van der Waals surface area contributed by atoms with E-state index in [4.69, 9.17) is 21.1 Å². The van der Waals surface area contributed by atoms with E-state index in [1.807, 2.05) is 17.7 Å². The van der Waals surface area contributed by atoms with Crippen molar-refractivity contribution in [1.29, 1.82) is 0 Å². The van der Waals surface area contributed by atoms with Crippen LogP contribution in [-0.2, 0) is 6.54 Å². The Morgan fingerprint density at radius 3 is 2.86 bits per heavy atom. The molecule has 10 heteroatoms. The number of benzene rings is 1. The molecule has 2 aromatic rings. The van der Waals surface area contributed by atoms with Gasteiger partial charge in [-0.1, -0.05) is 16.8 Å². The lowest BCUT2D eigenvalue weighted by atomic mass is 10.1. The van der Waals surface area contributed by atoms with Crippen LogP contribution in [-0.4, -0.2) is 47.2 Å². The van der Waals surface area contributed by atoms with Gasteiger partial charge in [-0.25, -0.2) is 4.68 Å². The fraction of sp³-hybridized carbons (Fsp3) is 0.500. The summed E-state index contributed by atoms with van der Waals surface area (Å²) in [5.74, 6) is 0.906. The Balaban J connectivity index is 0.00000225. The Labute approximate surface area is 174 Å². The van der Waals surface area contributed by atoms with Crippen molar-refractivity contribution in [1.82, 2.24) is 25.6 Å². The van der Waals surface area contributed by atoms with Crippen LogP contribution in [0.15, 0.2) is 12.1 Å². The standard InChI is InChI=1S/C18H22ClN5O3.ClH/c1-11-16(22-23-24(11)13-2-4-20-5-3-13)18(25)21-10-12-8-14(19)17-15(9-12)26-6-7-27-17;/h8-9,13,20H,2-7,10H2,1H3,(H,21,25);1H. The number of amides is 1. The lowest BCUT2D eigenvalue weighted by Crippen LogP contribution is -2.30. The molecule has 152 valence electrons.